The Kier molecular flexibility index (Phi) is 7.06. The second kappa shape index (κ2) is 8.31. The van der Waals surface area contributed by atoms with Gasteiger partial charge in [-0.2, -0.15) is 0 Å². The number of rotatable bonds is 8. The minimum absolute atomic E-state index is 0.0715. The third kappa shape index (κ3) is 5.31. The summed E-state index contributed by atoms with van der Waals surface area (Å²) in [6.45, 7) is 12.8. The first-order chi connectivity index (χ1) is 9.08. The Bertz CT molecular complexity index is 379. The van der Waals surface area contributed by atoms with Crippen molar-refractivity contribution in [2.24, 2.45) is 5.73 Å². The summed E-state index contributed by atoms with van der Waals surface area (Å²) in [4.78, 5) is 2.35. The van der Waals surface area contributed by atoms with Gasteiger partial charge in [0.25, 0.3) is 0 Å². The fourth-order valence-electron chi connectivity index (χ4n) is 2.33. The number of hydrogen-bond acceptors (Lipinski definition) is 3. The van der Waals surface area contributed by atoms with Crippen LogP contribution < -0.4 is 5.73 Å². The average Bonchev–Trinajstić information content (AvgIpc) is 2.37. The molecule has 0 saturated heterocycles. The first kappa shape index (κ1) is 16.2. The molecule has 0 fully saturated rings. The summed E-state index contributed by atoms with van der Waals surface area (Å²) >= 11 is 0. The van der Waals surface area contributed by atoms with Crippen LogP contribution in [-0.4, -0.2) is 37.7 Å². The van der Waals surface area contributed by atoms with E-state index in [-0.39, 0.29) is 6.04 Å². The highest BCUT2D eigenvalue weighted by atomic mass is 16.5. The van der Waals surface area contributed by atoms with Crippen LogP contribution in [0, 0.1) is 13.8 Å². The lowest BCUT2D eigenvalue weighted by molar-refractivity contribution is 0.113. The molecular weight excluding hydrogens is 236 g/mol. The Morgan fingerprint density at radius 2 is 2.00 bits per heavy atom. The standard InChI is InChI=1S/C16H28N2O/c1-5-18(9-10-19-6-2)12-16(17)15-8-7-13(3)11-14(15)4/h7-8,11,16H,5-6,9-10,12,17H2,1-4H3. The molecule has 3 heteroatoms. The lowest BCUT2D eigenvalue weighted by Crippen LogP contribution is -2.34. The molecule has 1 rings (SSSR count). The monoisotopic (exact) mass is 264 g/mol. The Morgan fingerprint density at radius 1 is 1.26 bits per heavy atom. The summed E-state index contributed by atoms with van der Waals surface area (Å²) in [5.74, 6) is 0. The molecule has 0 aliphatic carbocycles. The number of hydrogen-bond donors (Lipinski definition) is 1. The van der Waals surface area contributed by atoms with E-state index in [1.165, 1.54) is 16.7 Å². The zero-order valence-corrected chi connectivity index (χ0v) is 12.8. The molecule has 0 heterocycles. The Labute approximate surface area is 117 Å². The van der Waals surface area contributed by atoms with Crippen LogP contribution in [0.25, 0.3) is 0 Å². The molecule has 0 aliphatic rings. The highest BCUT2D eigenvalue weighted by Crippen LogP contribution is 2.18. The van der Waals surface area contributed by atoms with E-state index in [0.717, 1.165) is 32.8 Å². The van der Waals surface area contributed by atoms with E-state index < -0.39 is 0 Å². The van der Waals surface area contributed by atoms with Gasteiger partial charge in [0.15, 0.2) is 0 Å². The maximum absolute atomic E-state index is 6.34. The summed E-state index contributed by atoms with van der Waals surface area (Å²) in [6, 6.07) is 6.57. The molecular formula is C16H28N2O. The van der Waals surface area contributed by atoms with Gasteiger partial charge in [-0.1, -0.05) is 30.7 Å². The van der Waals surface area contributed by atoms with Crippen molar-refractivity contribution in [3.63, 3.8) is 0 Å². The molecule has 0 aliphatic heterocycles. The number of benzene rings is 1. The average molecular weight is 264 g/mol. The van der Waals surface area contributed by atoms with Crippen LogP contribution in [0.3, 0.4) is 0 Å². The van der Waals surface area contributed by atoms with Gasteiger partial charge >= 0.3 is 0 Å². The van der Waals surface area contributed by atoms with E-state index in [1.54, 1.807) is 0 Å². The van der Waals surface area contributed by atoms with Crippen LogP contribution in [0.15, 0.2) is 18.2 Å². The number of nitrogens with zero attached hydrogens (tertiary/aromatic N) is 1. The molecule has 0 radical (unpaired) electrons. The SMILES string of the molecule is CCOCCN(CC)CC(N)c1ccc(C)cc1C. The predicted octanol–water partition coefficient (Wildman–Crippen LogP) is 2.66. The normalized spacial score (nSPS) is 12.9. The summed E-state index contributed by atoms with van der Waals surface area (Å²) in [5, 5.41) is 0. The van der Waals surface area contributed by atoms with E-state index in [1.807, 2.05) is 6.92 Å². The van der Waals surface area contributed by atoms with E-state index in [0.29, 0.717) is 0 Å². The van der Waals surface area contributed by atoms with E-state index in [9.17, 15) is 0 Å². The molecule has 1 atom stereocenters. The fourth-order valence-corrected chi connectivity index (χ4v) is 2.33. The quantitative estimate of drug-likeness (QED) is 0.734. The molecule has 1 unspecified atom stereocenters. The maximum Gasteiger partial charge on any atom is 0.0593 e. The first-order valence-corrected chi connectivity index (χ1v) is 7.21. The van der Waals surface area contributed by atoms with Gasteiger partial charge in [-0.15, -0.1) is 0 Å². The molecule has 2 N–H and O–H groups in total. The fraction of sp³-hybridized carbons (Fsp3) is 0.625. The lowest BCUT2D eigenvalue weighted by atomic mass is 9.99. The van der Waals surface area contributed by atoms with Crippen molar-refractivity contribution in [1.82, 2.24) is 4.90 Å². The number of aryl methyl sites for hydroxylation is 2. The highest BCUT2D eigenvalue weighted by Gasteiger charge is 2.13. The molecule has 1 aromatic carbocycles. The highest BCUT2D eigenvalue weighted by molar-refractivity contribution is 5.32. The molecule has 0 amide bonds. The van der Waals surface area contributed by atoms with Crippen LogP contribution in [0.1, 0.15) is 36.6 Å². The molecule has 0 spiro atoms. The van der Waals surface area contributed by atoms with Crippen molar-refractivity contribution in [3.05, 3.63) is 34.9 Å². The van der Waals surface area contributed by atoms with Crippen molar-refractivity contribution in [2.75, 3.05) is 32.8 Å². The number of likely N-dealkylation sites (N-methyl/N-ethyl adjacent to an activating group) is 1. The maximum atomic E-state index is 6.34. The second-order valence-corrected chi connectivity index (χ2v) is 5.06. The smallest absolute Gasteiger partial charge is 0.0593 e. The number of ether oxygens (including phenoxy) is 1. The molecule has 0 saturated carbocycles. The Balaban J connectivity index is 2.58. The molecule has 19 heavy (non-hydrogen) atoms. The summed E-state index contributed by atoms with van der Waals surface area (Å²) in [5.41, 5.74) is 10.2. The van der Waals surface area contributed by atoms with Gasteiger partial charge in [0, 0.05) is 25.7 Å². The van der Waals surface area contributed by atoms with Crippen molar-refractivity contribution in [3.8, 4) is 0 Å². The third-order valence-electron chi connectivity index (χ3n) is 3.48. The zero-order valence-electron chi connectivity index (χ0n) is 12.8. The topological polar surface area (TPSA) is 38.5 Å². The van der Waals surface area contributed by atoms with Crippen molar-refractivity contribution in [2.45, 2.75) is 33.7 Å². The first-order valence-electron chi connectivity index (χ1n) is 7.21. The lowest BCUT2D eigenvalue weighted by Gasteiger charge is -2.25. The van der Waals surface area contributed by atoms with E-state index in [4.69, 9.17) is 10.5 Å². The number of nitrogens with two attached hydrogens (primary N) is 1. The Morgan fingerprint density at radius 3 is 2.58 bits per heavy atom. The Hall–Kier alpha value is -0.900. The van der Waals surface area contributed by atoms with Crippen LogP contribution in [0.2, 0.25) is 0 Å². The summed E-state index contributed by atoms with van der Waals surface area (Å²) in [7, 11) is 0. The van der Waals surface area contributed by atoms with Crippen molar-refractivity contribution < 1.29 is 4.74 Å². The van der Waals surface area contributed by atoms with Crippen LogP contribution >= 0.6 is 0 Å². The van der Waals surface area contributed by atoms with Crippen molar-refractivity contribution >= 4 is 0 Å². The van der Waals surface area contributed by atoms with Gasteiger partial charge in [-0.05, 0) is 38.4 Å². The second-order valence-electron chi connectivity index (χ2n) is 5.06. The largest absolute Gasteiger partial charge is 0.380 e. The molecule has 1 aromatic rings. The van der Waals surface area contributed by atoms with Gasteiger partial charge in [0.1, 0.15) is 0 Å². The van der Waals surface area contributed by atoms with Crippen LogP contribution in [0.5, 0.6) is 0 Å². The van der Waals surface area contributed by atoms with Gasteiger partial charge < -0.3 is 10.5 Å². The van der Waals surface area contributed by atoms with Gasteiger partial charge in [-0.3, -0.25) is 4.90 Å². The molecule has 0 aromatic heterocycles. The zero-order chi connectivity index (χ0) is 14.3. The molecule has 108 valence electrons. The predicted molar refractivity (Wildman–Crippen MR) is 81.5 cm³/mol. The third-order valence-corrected chi connectivity index (χ3v) is 3.48. The van der Waals surface area contributed by atoms with E-state index >= 15 is 0 Å². The van der Waals surface area contributed by atoms with Gasteiger partial charge in [-0.25, -0.2) is 0 Å². The minimum atomic E-state index is 0.0715. The van der Waals surface area contributed by atoms with Crippen molar-refractivity contribution in [1.29, 1.82) is 0 Å². The van der Waals surface area contributed by atoms with Gasteiger partial charge in [0.2, 0.25) is 0 Å². The van der Waals surface area contributed by atoms with Crippen LogP contribution in [-0.2, 0) is 4.74 Å². The summed E-state index contributed by atoms with van der Waals surface area (Å²) in [6.07, 6.45) is 0. The van der Waals surface area contributed by atoms with Crippen LogP contribution in [0.4, 0.5) is 0 Å². The van der Waals surface area contributed by atoms with E-state index in [2.05, 4.69) is 43.9 Å². The molecule has 0 bridgehead atoms. The minimum Gasteiger partial charge on any atom is -0.380 e. The summed E-state index contributed by atoms with van der Waals surface area (Å²) < 4.78 is 5.41. The van der Waals surface area contributed by atoms with Gasteiger partial charge in [0.05, 0.1) is 6.61 Å². The molecule has 3 nitrogen and oxygen atoms in total.